The zero-order valence-corrected chi connectivity index (χ0v) is 19.7. The summed E-state index contributed by atoms with van der Waals surface area (Å²) in [4.78, 5) is 29.9. The number of imide groups is 1. The van der Waals surface area contributed by atoms with Gasteiger partial charge in [-0.05, 0) is 61.7 Å². The first-order valence-corrected chi connectivity index (χ1v) is 11.6. The van der Waals surface area contributed by atoms with Crippen molar-refractivity contribution < 1.29 is 27.9 Å². The van der Waals surface area contributed by atoms with Gasteiger partial charge < -0.3 is 19.2 Å². The molecule has 0 saturated carbocycles. The van der Waals surface area contributed by atoms with Crippen molar-refractivity contribution in [2.75, 3.05) is 40.5 Å². The van der Waals surface area contributed by atoms with Gasteiger partial charge in [0, 0.05) is 20.6 Å². The summed E-state index contributed by atoms with van der Waals surface area (Å²) in [6.45, 7) is 3.09. The SMILES string of the molecule is COCCN1C(=O)N[C@](Cc2cccc(F)c2)(C2CCN(Cc3ccc(COC)o3)CC2)C1=O. The van der Waals surface area contributed by atoms with Crippen LogP contribution in [0.1, 0.15) is 29.9 Å². The normalized spacial score (nSPS) is 21.9. The van der Waals surface area contributed by atoms with Crippen molar-refractivity contribution in [2.45, 2.75) is 38.0 Å². The van der Waals surface area contributed by atoms with E-state index in [4.69, 9.17) is 13.9 Å². The Morgan fingerprint density at radius 3 is 2.59 bits per heavy atom. The summed E-state index contributed by atoms with van der Waals surface area (Å²) in [6, 6.07) is 9.70. The molecule has 0 unspecified atom stereocenters. The average molecular weight is 474 g/mol. The highest BCUT2D eigenvalue weighted by atomic mass is 19.1. The average Bonchev–Trinajstić information content (AvgIpc) is 3.35. The molecule has 1 atom stereocenters. The molecule has 0 aliphatic carbocycles. The van der Waals surface area contributed by atoms with Gasteiger partial charge in [-0.1, -0.05) is 12.1 Å². The lowest BCUT2D eigenvalue weighted by molar-refractivity contribution is -0.134. The summed E-state index contributed by atoms with van der Waals surface area (Å²) in [7, 11) is 3.16. The van der Waals surface area contributed by atoms with Crippen LogP contribution in [0, 0.1) is 11.7 Å². The standard InChI is InChI=1S/C25H32FN3O5/c1-32-13-12-29-23(30)25(27-24(29)31,15-18-4-3-5-20(26)14-18)19-8-10-28(11-9-19)16-21-6-7-22(34-21)17-33-2/h3-7,14,19H,8-13,15-17H2,1-2H3,(H,27,31)/t25-/m1/s1. The lowest BCUT2D eigenvalue weighted by Gasteiger charge is -2.41. The van der Waals surface area contributed by atoms with Crippen LogP contribution >= 0.6 is 0 Å². The fraction of sp³-hybridized carbons (Fsp3) is 0.520. The summed E-state index contributed by atoms with van der Waals surface area (Å²) in [5.74, 6) is 0.971. The molecule has 1 aromatic heterocycles. The van der Waals surface area contributed by atoms with Crippen molar-refractivity contribution in [1.82, 2.24) is 15.1 Å². The second kappa shape index (κ2) is 10.7. The Kier molecular flexibility index (Phi) is 7.65. The van der Waals surface area contributed by atoms with E-state index < -0.39 is 11.6 Å². The van der Waals surface area contributed by atoms with Crippen LogP contribution in [0.25, 0.3) is 0 Å². The van der Waals surface area contributed by atoms with Crippen molar-refractivity contribution in [3.8, 4) is 0 Å². The molecule has 184 valence electrons. The van der Waals surface area contributed by atoms with Crippen molar-refractivity contribution >= 4 is 11.9 Å². The van der Waals surface area contributed by atoms with Gasteiger partial charge in [0.15, 0.2) is 0 Å². The lowest BCUT2D eigenvalue weighted by Crippen LogP contribution is -2.57. The monoisotopic (exact) mass is 473 g/mol. The highest BCUT2D eigenvalue weighted by molar-refractivity contribution is 6.07. The number of urea groups is 1. The minimum atomic E-state index is -1.10. The fourth-order valence-corrected chi connectivity index (χ4v) is 5.07. The number of hydrogen-bond donors (Lipinski definition) is 1. The molecule has 1 N–H and O–H groups in total. The molecule has 0 radical (unpaired) electrons. The maximum Gasteiger partial charge on any atom is 0.325 e. The number of nitrogens with one attached hydrogen (secondary N) is 1. The summed E-state index contributed by atoms with van der Waals surface area (Å²) in [5, 5.41) is 3.00. The molecule has 2 aliphatic rings. The first-order valence-electron chi connectivity index (χ1n) is 11.6. The summed E-state index contributed by atoms with van der Waals surface area (Å²) in [6.07, 6.45) is 1.71. The molecular weight excluding hydrogens is 441 g/mol. The molecule has 0 spiro atoms. The minimum absolute atomic E-state index is 0.0725. The van der Waals surface area contributed by atoms with Crippen molar-refractivity contribution in [3.63, 3.8) is 0 Å². The molecule has 8 nitrogen and oxygen atoms in total. The van der Waals surface area contributed by atoms with Crippen LogP contribution in [0.15, 0.2) is 40.8 Å². The second-order valence-electron chi connectivity index (χ2n) is 9.01. The number of hydrogen-bond acceptors (Lipinski definition) is 6. The first kappa shape index (κ1) is 24.4. The van der Waals surface area contributed by atoms with Gasteiger partial charge in [-0.25, -0.2) is 9.18 Å². The van der Waals surface area contributed by atoms with E-state index in [1.54, 1.807) is 19.2 Å². The van der Waals surface area contributed by atoms with E-state index in [1.807, 2.05) is 12.1 Å². The third-order valence-corrected chi connectivity index (χ3v) is 6.76. The highest BCUT2D eigenvalue weighted by Crippen LogP contribution is 2.37. The maximum absolute atomic E-state index is 13.9. The molecule has 2 fully saturated rings. The largest absolute Gasteiger partial charge is 0.462 e. The number of carbonyl (C=O) groups is 2. The predicted octanol–water partition coefficient (Wildman–Crippen LogP) is 2.96. The third kappa shape index (κ3) is 5.16. The predicted molar refractivity (Wildman–Crippen MR) is 122 cm³/mol. The topological polar surface area (TPSA) is 84.2 Å². The lowest BCUT2D eigenvalue weighted by atomic mass is 9.74. The van der Waals surface area contributed by atoms with Crippen LogP contribution < -0.4 is 5.32 Å². The maximum atomic E-state index is 13.9. The number of likely N-dealkylation sites (tertiary alicyclic amines) is 1. The Morgan fingerprint density at radius 2 is 1.88 bits per heavy atom. The number of furan rings is 1. The van der Waals surface area contributed by atoms with Crippen molar-refractivity contribution in [2.24, 2.45) is 5.92 Å². The molecule has 2 aliphatic heterocycles. The summed E-state index contributed by atoms with van der Waals surface area (Å²) in [5.41, 5.74) is -0.410. The number of piperidine rings is 1. The number of halogens is 1. The molecule has 1 aromatic carbocycles. The van der Waals surface area contributed by atoms with E-state index in [9.17, 15) is 14.0 Å². The van der Waals surface area contributed by atoms with E-state index >= 15 is 0 Å². The highest BCUT2D eigenvalue weighted by Gasteiger charge is 2.55. The molecule has 4 rings (SSSR count). The molecule has 2 aromatic rings. The summed E-state index contributed by atoms with van der Waals surface area (Å²) < 4.78 is 29.9. The number of carbonyl (C=O) groups excluding carboxylic acids is 2. The van der Waals surface area contributed by atoms with E-state index in [0.29, 0.717) is 18.7 Å². The number of rotatable bonds is 10. The molecule has 34 heavy (non-hydrogen) atoms. The van der Waals surface area contributed by atoms with Gasteiger partial charge in [0.05, 0.1) is 19.7 Å². The number of ether oxygens (including phenoxy) is 2. The van der Waals surface area contributed by atoms with Gasteiger partial charge in [0.25, 0.3) is 5.91 Å². The molecule has 9 heteroatoms. The molecule has 3 amide bonds. The molecular formula is C25H32FN3O5. The van der Waals surface area contributed by atoms with E-state index in [0.717, 1.165) is 37.5 Å². The number of nitrogens with zero attached hydrogens (tertiary/aromatic N) is 2. The molecule has 0 bridgehead atoms. The Hall–Kier alpha value is -2.75. The van der Waals surface area contributed by atoms with Gasteiger partial charge in [-0.15, -0.1) is 0 Å². The molecule has 2 saturated heterocycles. The minimum Gasteiger partial charge on any atom is -0.462 e. The zero-order chi connectivity index (χ0) is 24.1. The Morgan fingerprint density at radius 1 is 1.12 bits per heavy atom. The quantitative estimate of drug-likeness (QED) is 0.534. The van der Waals surface area contributed by atoms with E-state index in [1.165, 1.54) is 24.1 Å². The second-order valence-corrected chi connectivity index (χ2v) is 9.01. The Balaban J connectivity index is 1.49. The fourth-order valence-electron chi connectivity index (χ4n) is 5.07. The van der Waals surface area contributed by atoms with Crippen LogP contribution in [0.2, 0.25) is 0 Å². The van der Waals surface area contributed by atoms with Crippen LogP contribution in [0.4, 0.5) is 9.18 Å². The van der Waals surface area contributed by atoms with Gasteiger partial charge >= 0.3 is 6.03 Å². The van der Waals surface area contributed by atoms with Gasteiger partial charge in [-0.3, -0.25) is 14.6 Å². The van der Waals surface area contributed by atoms with Crippen molar-refractivity contribution in [1.29, 1.82) is 0 Å². The van der Waals surface area contributed by atoms with Crippen LogP contribution in [0.5, 0.6) is 0 Å². The number of methoxy groups -OCH3 is 2. The summed E-state index contributed by atoms with van der Waals surface area (Å²) >= 11 is 0. The first-order chi connectivity index (χ1) is 16.4. The van der Waals surface area contributed by atoms with Crippen LogP contribution in [-0.4, -0.2) is 67.7 Å². The van der Waals surface area contributed by atoms with Crippen molar-refractivity contribution in [3.05, 3.63) is 59.3 Å². The smallest absolute Gasteiger partial charge is 0.325 e. The third-order valence-electron chi connectivity index (χ3n) is 6.76. The van der Waals surface area contributed by atoms with Crippen LogP contribution in [0.3, 0.4) is 0 Å². The Bertz CT molecular complexity index is 1000. The zero-order valence-electron chi connectivity index (χ0n) is 19.7. The van der Waals surface area contributed by atoms with E-state index in [2.05, 4.69) is 10.2 Å². The van der Waals surface area contributed by atoms with Crippen LogP contribution in [-0.2, 0) is 33.8 Å². The number of benzene rings is 1. The Labute approximate surface area is 199 Å². The van der Waals surface area contributed by atoms with E-state index in [-0.39, 0.29) is 37.2 Å². The number of amides is 3. The van der Waals surface area contributed by atoms with Gasteiger partial charge in [-0.2, -0.15) is 0 Å². The van der Waals surface area contributed by atoms with Gasteiger partial charge in [0.2, 0.25) is 0 Å². The molecule has 3 heterocycles. The van der Waals surface area contributed by atoms with Gasteiger partial charge in [0.1, 0.15) is 29.5 Å².